The van der Waals surface area contributed by atoms with E-state index in [0.29, 0.717) is 30.9 Å². The molecule has 1 amide bonds. The Morgan fingerprint density at radius 3 is 2.50 bits per heavy atom. The number of pyridine rings is 1. The average molecular weight is 527 g/mol. The zero-order chi connectivity index (χ0) is 26.4. The van der Waals surface area contributed by atoms with Crippen molar-refractivity contribution in [2.45, 2.75) is 56.5 Å². The molecule has 1 aromatic carbocycles. The van der Waals surface area contributed by atoms with Crippen molar-refractivity contribution in [1.82, 2.24) is 25.2 Å². The molecule has 0 spiro atoms. The van der Waals surface area contributed by atoms with Crippen molar-refractivity contribution in [3.63, 3.8) is 0 Å². The number of halogens is 3. The van der Waals surface area contributed by atoms with Crippen molar-refractivity contribution in [2.24, 2.45) is 0 Å². The number of nitrogens with one attached hydrogen (secondary N) is 2. The fourth-order valence-corrected chi connectivity index (χ4v) is 5.36. The molecule has 2 aromatic heterocycles. The van der Waals surface area contributed by atoms with Crippen LogP contribution in [0, 0.1) is 5.82 Å². The third-order valence-corrected chi connectivity index (χ3v) is 7.94. The summed E-state index contributed by atoms with van der Waals surface area (Å²) in [7, 11) is 0. The molecule has 38 heavy (non-hydrogen) atoms. The van der Waals surface area contributed by atoms with Crippen LogP contribution in [0.3, 0.4) is 0 Å². The molecule has 200 valence electrons. The molecule has 6 rings (SSSR count). The van der Waals surface area contributed by atoms with E-state index in [1.54, 1.807) is 24.4 Å². The molecule has 2 aliphatic carbocycles. The summed E-state index contributed by atoms with van der Waals surface area (Å²) in [6.07, 6.45) is 4.11. The Kier molecular flexibility index (Phi) is 6.33. The molecule has 11 heteroatoms. The van der Waals surface area contributed by atoms with Gasteiger partial charge in [0.15, 0.2) is 5.82 Å². The lowest BCUT2D eigenvalue weighted by molar-refractivity contribution is -0.0878. The topological polar surface area (TPSA) is 94.2 Å². The molecule has 0 bridgehead atoms. The molecule has 1 aliphatic heterocycles. The molecular formula is C27H29F3N6O2. The zero-order valence-corrected chi connectivity index (χ0v) is 20.9. The Labute approximate surface area is 217 Å². The van der Waals surface area contributed by atoms with E-state index in [-0.39, 0.29) is 28.7 Å². The first-order valence-electron chi connectivity index (χ1n) is 13.1. The molecule has 1 saturated heterocycles. The van der Waals surface area contributed by atoms with E-state index in [1.807, 2.05) is 6.07 Å². The second kappa shape index (κ2) is 9.68. The maximum atomic E-state index is 15.3. The summed E-state index contributed by atoms with van der Waals surface area (Å²) in [5.41, 5.74) is 1.50. The van der Waals surface area contributed by atoms with Crippen LogP contribution >= 0.6 is 0 Å². The number of H-pyrrole nitrogens is 1. The van der Waals surface area contributed by atoms with Gasteiger partial charge in [-0.05, 0) is 37.5 Å². The predicted molar refractivity (Wildman–Crippen MR) is 136 cm³/mol. The van der Waals surface area contributed by atoms with Gasteiger partial charge in [-0.2, -0.15) is 0 Å². The van der Waals surface area contributed by atoms with Gasteiger partial charge in [0.05, 0.1) is 17.4 Å². The highest BCUT2D eigenvalue weighted by atomic mass is 19.3. The highest BCUT2D eigenvalue weighted by Gasteiger charge is 2.47. The van der Waals surface area contributed by atoms with Gasteiger partial charge in [-0.15, -0.1) is 0 Å². The quantitative estimate of drug-likeness (QED) is 0.510. The lowest BCUT2D eigenvalue weighted by atomic mass is 9.79. The summed E-state index contributed by atoms with van der Waals surface area (Å²) in [6, 6.07) is 7.20. The van der Waals surface area contributed by atoms with Crippen LogP contribution in [0.4, 0.5) is 18.9 Å². The molecule has 0 atom stereocenters. The number of piperazine rings is 1. The lowest BCUT2D eigenvalue weighted by Crippen LogP contribution is -2.46. The number of amides is 1. The van der Waals surface area contributed by atoms with Crippen molar-refractivity contribution in [3.8, 4) is 0 Å². The van der Waals surface area contributed by atoms with Crippen LogP contribution in [0.1, 0.15) is 59.8 Å². The molecule has 8 nitrogen and oxygen atoms in total. The van der Waals surface area contributed by atoms with Crippen molar-refractivity contribution < 1.29 is 18.0 Å². The summed E-state index contributed by atoms with van der Waals surface area (Å²) in [6.45, 7) is 3.21. The fraction of sp³-hybridized carbons (Fsp3) is 0.481. The highest BCUT2D eigenvalue weighted by Crippen LogP contribution is 2.47. The van der Waals surface area contributed by atoms with Gasteiger partial charge < -0.3 is 15.2 Å². The van der Waals surface area contributed by atoms with Gasteiger partial charge in [-0.25, -0.2) is 23.1 Å². The number of alkyl halides is 2. The van der Waals surface area contributed by atoms with Gasteiger partial charge in [0.25, 0.3) is 11.5 Å². The minimum atomic E-state index is -2.77. The largest absolute Gasteiger partial charge is 0.368 e. The number of hydrogen-bond donors (Lipinski definition) is 2. The molecule has 3 heterocycles. The first-order valence-corrected chi connectivity index (χ1v) is 13.1. The second-order valence-corrected chi connectivity index (χ2v) is 10.6. The maximum Gasteiger partial charge on any atom is 0.270 e. The Balaban J connectivity index is 1.07. The van der Waals surface area contributed by atoms with Gasteiger partial charge in [-0.1, -0.05) is 6.07 Å². The normalized spacial score (nSPS) is 20.2. The van der Waals surface area contributed by atoms with Gasteiger partial charge in [0.1, 0.15) is 16.9 Å². The second-order valence-electron chi connectivity index (χ2n) is 10.6. The first-order chi connectivity index (χ1) is 18.3. The molecule has 3 aliphatic rings. The van der Waals surface area contributed by atoms with Gasteiger partial charge in [-0.3, -0.25) is 14.5 Å². The molecule has 0 radical (unpaired) electrons. The van der Waals surface area contributed by atoms with E-state index in [2.05, 4.69) is 30.1 Å². The van der Waals surface area contributed by atoms with Crippen LogP contribution in [0.5, 0.6) is 0 Å². The molecule has 2 N–H and O–H groups in total. The lowest BCUT2D eigenvalue weighted by Gasteiger charge is -2.36. The summed E-state index contributed by atoms with van der Waals surface area (Å²) >= 11 is 0. The van der Waals surface area contributed by atoms with Crippen LogP contribution < -0.4 is 15.8 Å². The van der Waals surface area contributed by atoms with Crippen molar-refractivity contribution in [2.75, 3.05) is 31.1 Å². The van der Waals surface area contributed by atoms with Crippen LogP contribution in [-0.2, 0) is 6.54 Å². The molecule has 3 aromatic rings. The predicted octanol–water partition coefficient (Wildman–Crippen LogP) is 3.57. The SMILES string of the molecule is O=C(NC1CCC1)c1ccc(N2CCN(Cc3ccc4nc(C5CC(F)(F)C5)c(=O)[nH]c4c3F)CC2)cn1. The average Bonchev–Trinajstić information content (AvgIpc) is 2.87. The number of benzene rings is 1. The Morgan fingerprint density at radius 2 is 1.87 bits per heavy atom. The number of hydrogen-bond acceptors (Lipinski definition) is 6. The van der Waals surface area contributed by atoms with E-state index in [4.69, 9.17) is 0 Å². The van der Waals surface area contributed by atoms with Crippen LogP contribution in [-0.4, -0.2) is 63.9 Å². The number of nitrogens with zero attached hydrogens (tertiary/aromatic N) is 4. The van der Waals surface area contributed by atoms with Crippen molar-refractivity contribution in [3.05, 3.63) is 63.6 Å². The van der Waals surface area contributed by atoms with Crippen molar-refractivity contribution >= 4 is 22.6 Å². The maximum absolute atomic E-state index is 15.3. The standard InChI is InChI=1S/C27H29F3N6O2/c28-22-16(4-6-20-24(22)34-26(38)23(33-20)17-12-27(29,30)13-17)15-35-8-10-36(11-9-35)19-5-7-21(31-14-19)25(37)32-18-2-1-3-18/h4-7,14,17-18H,1-3,8-13,15H2,(H,32,37)(H,34,38). The fourth-order valence-electron chi connectivity index (χ4n) is 5.36. The number of anilines is 1. The Hall–Kier alpha value is -3.47. The highest BCUT2D eigenvalue weighted by molar-refractivity contribution is 5.92. The molecule has 0 unspecified atom stereocenters. The summed E-state index contributed by atoms with van der Waals surface area (Å²) in [5.74, 6) is -4.05. The summed E-state index contributed by atoms with van der Waals surface area (Å²) < 4.78 is 41.8. The zero-order valence-electron chi connectivity index (χ0n) is 20.9. The minimum absolute atomic E-state index is 0.00785. The smallest absolute Gasteiger partial charge is 0.270 e. The van der Waals surface area contributed by atoms with Crippen LogP contribution in [0.15, 0.2) is 35.3 Å². The van der Waals surface area contributed by atoms with Gasteiger partial charge in [0.2, 0.25) is 5.92 Å². The van der Waals surface area contributed by atoms with E-state index >= 15 is 4.39 Å². The number of fused-ring (bicyclic) bond motifs is 1. The number of rotatable bonds is 6. The number of carbonyl (C=O) groups is 1. The monoisotopic (exact) mass is 526 g/mol. The van der Waals surface area contributed by atoms with E-state index in [1.165, 1.54) is 0 Å². The Bertz CT molecular complexity index is 1410. The van der Waals surface area contributed by atoms with Crippen molar-refractivity contribution in [1.29, 1.82) is 0 Å². The van der Waals surface area contributed by atoms with E-state index in [0.717, 1.165) is 38.0 Å². The summed E-state index contributed by atoms with van der Waals surface area (Å²) in [4.78, 5) is 40.2. The number of aromatic amines is 1. The molecule has 3 fully saturated rings. The van der Waals surface area contributed by atoms with E-state index < -0.39 is 36.1 Å². The third-order valence-electron chi connectivity index (χ3n) is 7.94. The molecule has 2 saturated carbocycles. The van der Waals surface area contributed by atoms with Gasteiger partial charge in [0, 0.05) is 63.1 Å². The number of carbonyl (C=O) groups excluding carboxylic acids is 1. The third kappa shape index (κ3) is 4.87. The van der Waals surface area contributed by atoms with Crippen LogP contribution in [0.2, 0.25) is 0 Å². The molecular weight excluding hydrogens is 497 g/mol. The van der Waals surface area contributed by atoms with E-state index in [9.17, 15) is 18.4 Å². The van der Waals surface area contributed by atoms with Crippen LogP contribution in [0.25, 0.3) is 11.0 Å². The van der Waals surface area contributed by atoms with Gasteiger partial charge >= 0.3 is 0 Å². The first kappa shape index (κ1) is 24.8. The minimum Gasteiger partial charge on any atom is -0.368 e. The summed E-state index contributed by atoms with van der Waals surface area (Å²) in [5, 5.41) is 2.99. The Morgan fingerprint density at radius 1 is 1.11 bits per heavy atom. The number of aromatic nitrogens is 3.